The van der Waals surface area contributed by atoms with E-state index in [2.05, 4.69) is 5.32 Å². The van der Waals surface area contributed by atoms with Crippen LogP contribution in [0.2, 0.25) is 0 Å². The summed E-state index contributed by atoms with van der Waals surface area (Å²) in [6.07, 6.45) is 0. The molecule has 106 valence electrons. The van der Waals surface area contributed by atoms with Crippen molar-refractivity contribution in [3.05, 3.63) is 29.8 Å². The van der Waals surface area contributed by atoms with Gasteiger partial charge in [0.1, 0.15) is 17.8 Å². The number of carboxylic acids is 1. The van der Waals surface area contributed by atoms with Crippen molar-refractivity contribution in [1.29, 1.82) is 0 Å². The van der Waals surface area contributed by atoms with E-state index >= 15 is 0 Å². The largest absolute Gasteiger partial charge is 0.497 e. The van der Waals surface area contributed by atoms with E-state index in [0.29, 0.717) is 16.2 Å². The zero-order valence-electron chi connectivity index (χ0n) is 11.0. The van der Waals surface area contributed by atoms with Crippen LogP contribution in [0.15, 0.2) is 24.3 Å². The van der Waals surface area contributed by atoms with Crippen molar-refractivity contribution in [2.75, 3.05) is 13.7 Å². The minimum Gasteiger partial charge on any atom is -0.497 e. The zero-order chi connectivity index (χ0) is 14.9. The molecule has 1 aromatic rings. The lowest BCUT2D eigenvalue weighted by atomic mass is 9.92. The predicted molar refractivity (Wildman–Crippen MR) is 68.2 cm³/mol. The number of ether oxygens (including phenoxy) is 1. The van der Waals surface area contributed by atoms with Gasteiger partial charge < -0.3 is 15.2 Å². The molecule has 2 N–H and O–H groups in total. The topological polar surface area (TPSA) is 95.9 Å². The third-order valence-corrected chi connectivity index (χ3v) is 3.24. The number of carboxylic acid groups (broad SMARTS) is 1. The molecular formula is C13H14N2O5. The average Bonchev–Trinajstić information content (AvgIpc) is 2.63. The Morgan fingerprint density at radius 3 is 2.45 bits per heavy atom. The third-order valence-electron chi connectivity index (χ3n) is 3.24. The second-order valence-electron chi connectivity index (χ2n) is 4.57. The first kappa shape index (κ1) is 13.9. The van der Waals surface area contributed by atoms with Crippen LogP contribution >= 0.6 is 0 Å². The number of imide groups is 1. The van der Waals surface area contributed by atoms with Gasteiger partial charge in [0.25, 0.3) is 5.91 Å². The van der Waals surface area contributed by atoms with E-state index in [0.717, 1.165) is 0 Å². The van der Waals surface area contributed by atoms with Gasteiger partial charge in [0.05, 0.1) is 7.11 Å². The van der Waals surface area contributed by atoms with Gasteiger partial charge in [-0.2, -0.15) is 0 Å². The lowest BCUT2D eigenvalue weighted by molar-refractivity contribution is -0.142. The molecule has 1 aromatic carbocycles. The molecule has 0 aromatic heterocycles. The van der Waals surface area contributed by atoms with Crippen molar-refractivity contribution in [1.82, 2.24) is 10.2 Å². The molecule has 0 saturated carbocycles. The number of benzene rings is 1. The Morgan fingerprint density at radius 2 is 1.95 bits per heavy atom. The smallest absolute Gasteiger partial charge is 0.325 e. The van der Waals surface area contributed by atoms with E-state index in [1.165, 1.54) is 14.0 Å². The van der Waals surface area contributed by atoms with Crippen LogP contribution in [-0.2, 0) is 15.1 Å². The van der Waals surface area contributed by atoms with Gasteiger partial charge in [-0.3, -0.25) is 14.5 Å². The molecule has 1 atom stereocenters. The van der Waals surface area contributed by atoms with Crippen LogP contribution in [0.5, 0.6) is 5.75 Å². The highest BCUT2D eigenvalue weighted by molar-refractivity contribution is 6.08. The number of hydrogen-bond donors (Lipinski definition) is 2. The highest BCUT2D eigenvalue weighted by Crippen LogP contribution is 2.29. The summed E-state index contributed by atoms with van der Waals surface area (Å²) >= 11 is 0. The molecule has 1 fully saturated rings. The highest BCUT2D eigenvalue weighted by Gasteiger charge is 2.49. The first-order valence-electron chi connectivity index (χ1n) is 5.89. The fourth-order valence-corrected chi connectivity index (χ4v) is 2.10. The summed E-state index contributed by atoms with van der Waals surface area (Å²) in [4.78, 5) is 35.4. The quantitative estimate of drug-likeness (QED) is 0.784. The summed E-state index contributed by atoms with van der Waals surface area (Å²) in [6.45, 7) is 0.882. The monoisotopic (exact) mass is 278 g/mol. The van der Waals surface area contributed by atoms with Crippen molar-refractivity contribution >= 4 is 17.9 Å². The normalized spacial score (nSPS) is 21.8. The van der Waals surface area contributed by atoms with E-state index < -0.39 is 30.0 Å². The first-order chi connectivity index (χ1) is 9.38. The highest BCUT2D eigenvalue weighted by atomic mass is 16.5. The molecule has 2 rings (SSSR count). The Balaban J connectivity index is 2.32. The Hall–Kier alpha value is -2.57. The summed E-state index contributed by atoms with van der Waals surface area (Å²) in [7, 11) is 1.52. The lowest BCUT2D eigenvalue weighted by Gasteiger charge is -2.22. The number of nitrogens with zero attached hydrogens (tertiary/aromatic N) is 1. The van der Waals surface area contributed by atoms with Gasteiger partial charge in [-0.15, -0.1) is 0 Å². The molecule has 3 amide bonds. The molecular weight excluding hydrogens is 264 g/mol. The van der Waals surface area contributed by atoms with Crippen molar-refractivity contribution < 1.29 is 24.2 Å². The van der Waals surface area contributed by atoms with Gasteiger partial charge in [-0.25, -0.2) is 4.79 Å². The number of carbonyl (C=O) groups excluding carboxylic acids is 2. The molecule has 0 bridgehead atoms. The number of nitrogens with one attached hydrogen (secondary N) is 1. The van der Waals surface area contributed by atoms with E-state index in [1.54, 1.807) is 24.3 Å². The van der Waals surface area contributed by atoms with Crippen LogP contribution in [-0.4, -0.2) is 41.6 Å². The minimum absolute atomic E-state index is 0.560. The van der Waals surface area contributed by atoms with Gasteiger partial charge in [0.2, 0.25) is 0 Å². The van der Waals surface area contributed by atoms with Gasteiger partial charge >= 0.3 is 12.0 Å². The molecule has 1 aliphatic rings. The Bertz CT molecular complexity index is 569. The number of aliphatic carboxylic acids is 1. The molecule has 0 spiro atoms. The van der Waals surface area contributed by atoms with Crippen LogP contribution in [0, 0.1) is 0 Å². The SMILES string of the molecule is COc1ccc([C@@]2(C)NC(=O)N(CC(=O)O)C2=O)cc1. The number of rotatable bonds is 4. The summed E-state index contributed by atoms with van der Waals surface area (Å²) < 4.78 is 5.03. The van der Waals surface area contributed by atoms with Gasteiger partial charge in [0.15, 0.2) is 0 Å². The number of carbonyl (C=O) groups is 3. The summed E-state index contributed by atoms with van der Waals surface area (Å²) in [5.41, 5.74) is -0.705. The van der Waals surface area contributed by atoms with Crippen LogP contribution in [0.25, 0.3) is 0 Å². The summed E-state index contributed by atoms with van der Waals surface area (Å²) in [5, 5.41) is 11.3. The summed E-state index contributed by atoms with van der Waals surface area (Å²) in [5.74, 6) is -1.21. The van der Waals surface area contributed by atoms with Crippen molar-refractivity contribution in [2.45, 2.75) is 12.5 Å². The number of methoxy groups -OCH3 is 1. The van der Waals surface area contributed by atoms with Gasteiger partial charge in [-0.05, 0) is 24.6 Å². The van der Waals surface area contributed by atoms with Gasteiger partial charge in [-0.1, -0.05) is 12.1 Å². The van der Waals surface area contributed by atoms with Crippen LogP contribution in [0.3, 0.4) is 0 Å². The fraction of sp³-hybridized carbons (Fsp3) is 0.308. The molecule has 0 unspecified atom stereocenters. The standard InChI is InChI=1S/C13H14N2O5/c1-13(8-3-5-9(20-2)6-4-8)11(18)15(7-10(16)17)12(19)14-13/h3-6H,7H2,1-2H3,(H,14,19)(H,16,17)/t13-/m1/s1. The van der Waals surface area contributed by atoms with Crippen molar-refractivity contribution in [2.24, 2.45) is 0 Å². The Labute approximate surface area is 115 Å². The Kier molecular flexibility index (Phi) is 3.35. The predicted octanol–water partition coefficient (Wildman–Crippen LogP) is 0.547. The lowest BCUT2D eigenvalue weighted by Crippen LogP contribution is -2.41. The zero-order valence-corrected chi connectivity index (χ0v) is 11.0. The minimum atomic E-state index is -1.27. The molecule has 1 heterocycles. The van der Waals surface area contributed by atoms with E-state index in [-0.39, 0.29) is 0 Å². The number of urea groups is 1. The third kappa shape index (κ3) is 2.18. The fourth-order valence-electron chi connectivity index (χ4n) is 2.10. The van der Waals surface area contributed by atoms with E-state index in [4.69, 9.17) is 9.84 Å². The molecule has 7 nitrogen and oxygen atoms in total. The average molecular weight is 278 g/mol. The molecule has 1 saturated heterocycles. The maximum Gasteiger partial charge on any atom is 0.325 e. The number of amides is 3. The van der Waals surface area contributed by atoms with Crippen LogP contribution < -0.4 is 10.1 Å². The maximum atomic E-state index is 12.3. The second-order valence-corrected chi connectivity index (χ2v) is 4.57. The van der Waals surface area contributed by atoms with Gasteiger partial charge in [0, 0.05) is 0 Å². The van der Waals surface area contributed by atoms with E-state index in [1.807, 2.05) is 0 Å². The Morgan fingerprint density at radius 1 is 1.35 bits per heavy atom. The molecule has 0 radical (unpaired) electrons. The van der Waals surface area contributed by atoms with Crippen molar-refractivity contribution in [3.8, 4) is 5.75 Å². The maximum absolute atomic E-state index is 12.3. The number of hydrogen-bond acceptors (Lipinski definition) is 4. The molecule has 20 heavy (non-hydrogen) atoms. The van der Waals surface area contributed by atoms with Crippen LogP contribution in [0.4, 0.5) is 4.79 Å². The molecule has 7 heteroatoms. The summed E-state index contributed by atoms with van der Waals surface area (Å²) in [6, 6.07) is 5.93. The first-order valence-corrected chi connectivity index (χ1v) is 5.89. The van der Waals surface area contributed by atoms with Crippen LogP contribution in [0.1, 0.15) is 12.5 Å². The molecule has 0 aliphatic carbocycles. The molecule has 1 aliphatic heterocycles. The van der Waals surface area contributed by atoms with E-state index in [9.17, 15) is 14.4 Å². The van der Waals surface area contributed by atoms with Crippen molar-refractivity contribution in [3.63, 3.8) is 0 Å². The second kappa shape index (κ2) is 4.84.